The SMILES string of the molecule is CCc1ccsc1CN1CCC(=O)NC2(CCCC2)C1=O. The highest BCUT2D eigenvalue weighted by Gasteiger charge is 2.46. The van der Waals surface area contributed by atoms with Crippen LogP contribution in [0.1, 0.15) is 49.5 Å². The van der Waals surface area contributed by atoms with Gasteiger partial charge < -0.3 is 10.2 Å². The van der Waals surface area contributed by atoms with E-state index in [0.29, 0.717) is 19.5 Å². The van der Waals surface area contributed by atoms with Crippen molar-refractivity contribution in [3.05, 3.63) is 21.9 Å². The van der Waals surface area contributed by atoms with E-state index in [4.69, 9.17) is 0 Å². The minimum Gasteiger partial charge on any atom is -0.342 e. The maximum atomic E-state index is 13.0. The number of amides is 2. The number of nitrogens with one attached hydrogen (secondary N) is 1. The van der Waals surface area contributed by atoms with Crippen LogP contribution >= 0.6 is 11.3 Å². The maximum Gasteiger partial charge on any atom is 0.248 e. The van der Waals surface area contributed by atoms with Gasteiger partial charge in [-0.3, -0.25) is 9.59 Å². The number of hydrogen-bond donors (Lipinski definition) is 1. The third-order valence-electron chi connectivity index (χ3n) is 4.69. The van der Waals surface area contributed by atoms with Gasteiger partial charge in [-0.2, -0.15) is 0 Å². The normalized spacial score (nSPS) is 21.7. The van der Waals surface area contributed by atoms with E-state index in [-0.39, 0.29) is 11.8 Å². The molecule has 114 valence electrons. The molecule has 2 heterocycles. The summed E-state index contributed by atoms with van der Waals surface area (Å²) in [5.41, 5.74) is 0.703. The highest BCUT2D eigenvalue weighted by Crippen LogP contribution is 2.34. The molecule has 1 N–H and O–H groups in total. The van der Waals surface area contributed by atoms with Gasteiger partial charge in [0.25, 0.3) is 0 Å². The summed E-state index contributed by atoms with van der Waals surface area (Å²) in [5.74, 6) is 0.149. The maximum absolute atomic E-state index is 13.0. The Kier molecular flexibility index (Phi) is 4.02. The van der Waals surface area contributed by atoms with Crippen LogP contribution in [0.4, 0.5) is 0 Å². The first kappa shape index (κ1) is 14.6. The van der Waals surface area contributed by atoms with Crippen molar-refractivity contribution in [3.63, 3.8) is 0 Å². The Bertz CT molecular complexity index is 546. The zero-order valence-corrected chi connectivity index (χ0v) is 13.3. The van der Waals surface area contributed by atoms with Crippen LogP contribution in [-0.2, 0) is 22.6 Å². The monoisotopic (exact) mass is 306 g/mol. The third kappa shape index (κ3) is 2.71. The number of aryl methyl sites for hydroxylation is 1. The van der Waals surface area contributed by atoms with Gasteiger partial charge in [0.05, 0.1) is 6.54 Å². The van der Waals surface area contributed by atoms with Crippen LogP contribution in [-0.4, -0.2) is 28.8 Å². The molecule has 0 atom stereocenters. The summed E-state index contributed by atoms with van der Waals surface area (Å²) in [6.45, 7) is 3.32. The van der Waals surface area contributed by atoms with Crippen molar-refractivity contribution in [1.82, 2.24) is 10.2 Å². The topological polar surface area (TPSA) is 49.4 Å². The molecule has 2 aliphatic rings. The average molecular weight is 306 g/mol. The van der Waals surface area contributed by atoms with Crippen LogP contribution < -0.4 is 5.32 Å². The highest BCUT2D eigenvalue weighted by atomic mass is 32.1. The van der Waals surface area contributed by atoms with Gasteiger partial charge in [0.2, 0.25) is 11.8 Å². The summed E-state index contributed by atoms with van der Waals surface area (Å²) in [4.78, 5) is 28.1. The second-order valence-electron chi connectivity index (χ2n) is 6.04. The zero-order chi connectivity index (χ0) is 14.9. The lowest BCUT2D eigenvalue weighted by Gasteiger charge is -2.31. The van der Waals surface area contributed by atoms with Crippen LogP contribution in [0.25, 0.3) is 0 Å². The van der Waals surface area contributed by atoms with E-state index in [1.807, 2.05) is 4.90 Å². The Morgan fingerprint density at radius 3 is 2.81 bits per heavy atom. The van der Waals surface area contributed by atoms with Gasteiger partial charge in [0, 0.05) is 17.8 Å². The van der Waals surface area contributed by atoms with E-state index >= 15 is 0 Å². The molecule has 1 aliphatic carbocycles. The molecular formula is C16H22N2O2S. The van der Waals surface area contributed by atoms with Crippen LogP contribution in [0.2, 0.25) is 0 Å². The summed E-state index contributed by atoms with van der Waals surface area (Å²) in [5, 5.41) is 5.10. The fourth-order valence-electron chi connectivity index (χ4n) is 3.49. The largest absolute Gasteiger partial charge is 0.342 e. The molecule has 1 spiro atoms. The van der Waals surface area contributed by atoms with Gasteiger partial charge in [-0.15, -0.1) is 11.3 Å². The molecule has 2 fully saturated rings. The summed E-state index contributed by atoms with van der Waals surface area (Å²) in [6.07, 6.45) is 5.04. The predicted molar refractivity (Wildman–Crippen MR) is 83.1 cm³/mol. The van der Waals surface area contributed by atoms with Crippen LogP contribution in [0.3, 0.4) is 0 Å². The highest BCUT2D eigenvalue weighted by molar-refractivity contribution is 7.10. The van der Waals surface area contributed by atoms with E-state index in [1.54, 1.807) is 11.3 Å². The molecular weight excluding hydrogens is 284 g/mol. The van der Waals surface area contributed by atoms with E-state index in [9.17, 15) is 9.59 Å². The van der Waals surface area contributed by atoms with Gasteiger partial charge in [0.1, 0.15) is 5.54 Å². The molecule has 0 radical (unpaired) electrons. The molecule has 1 saturated heterocycles. The van der Waals surface area contributed by atoms with Gasteiger partial charge in [-0.25, -0.2) is 0 Å². The van der Waals surface area contributed by atoms with Crippen molar-refractivity contribution >= 4 is 23.2 Å². The van der Waals surface area contributed by atoms with E-state index < -0.39 is 5.54 Å². The summed E-state index contributed by atoms with van der Waals surface area (Å²) < 4.78 is 0. The Morgan fingerprint density at radius 2 is 2.10 bits per heavy atom. The fourth-order valence-corrected chi connectivity index (χ4v) is 4.48. The molecule has 21 heavy (non-hydrogen) atoms. The minimum absolute atomic E-state index is 0.0228. The molecule has 0 unspecified atom stereocenters. The van der Waals surface area contributed by atoms with E-state index in [2.05, 4.69) is 23.7 Å². The first-order chi connectivity index (χ1) is 10.1. The first-order valence-electron chi connectivity index (χ1n) is 7.80. The lowest BCUT2D eigenvalue weighted by Crippen LogP contribution is -2.55. The second kappa shape index (κ2) is 5.79. The van der Waals surface area contributed by atoms with Crippen molar-refractivity contribution in [2.24, 2.45) is 0 Å². The first-order valence-corrected chi connectivity index (χ1v) is 8.68. The molecule has 4 nitrogen and oxygen atoms in total. The quantitative estimate of drug-likeness (QED) is 0.932. The fraction of sp³-hybridized carbons (Fsp3) is 0.625. The van der Waals surface area contributed by atoms with Crippen molar-refractivity contribution in [2.75, 3.05) is 6.54 Å². The van der Waals surface area contributed by atoms with Crippen molar-refractivity contribution in [1.29, 1.82) is 0 Å². The Labute approximate surface area is 129 Å². The molecule has 2 amide bonds. The smallest absolute Gasteiger partial charge is 0.248 e. The number of nitrogens with zero attached hydrogens (tertiary/aromatic N) is 1. The molecule has 3 rings (SSSR count). The second-order valence-corrected chi connectivity index (χ2v) is 7.04. The summed E-state index contributed by atoms with van der Waals surface area (Å²) in [6, 6.07) is 2.14. The van der Waals surface area contributed by atoms with Gasteiger partial charge in [-0.05, 0) is 36.3 Å². The number of hydrogen-bond acceptors (Lipinski definition) is 3. The minimum atomic E-state index is -0.614. The summed E-state index contributed by atoms with van der Waals surface area (Å²) in [7, 11) is 0. The molecule has 1 aliphatic heterocycles. The van der Waals surface area contributed by atoms with Crippen LogP contribution in [0, 0.1) is 0 Å². The van der Waals surface area contributed by atoms with Crippen LogP contribution in [0.5, 0.6) is 0 Å². The average Bonchev–Trinajstić information content (AvgIpc) is 3.09. The molecule has 0 bridgehead atoms. The van der Waals surface area contributed by atoms with Crippen LogP contribution in [0.15, 0.2) is 11.4 Å². The molecule has 1 saturated carbocycles. The zero-order valence-electron chi connectivity index (χ0n) is 12.5. The molecule has 0 aromatic carbocycles. The Hall–Kier alpha value is -1.36. The standard InChI is InChI=1S/C16H22N2O2S/c1-2-12-6-10-21-13(12)11-18-9-5-14(19)17-16(15(18)20)7-3-4-8-16/h6,10H,2-5,7-9,11H2,1H3,(H,17,19). The number of rotatable bonds is 3. The number of carbonyl (C=O) groups is 2. The van der Waals surface area contributed by atoms with Gasteiger partial charge in [-0.1, -0.05) is 19.8 Å². The van der Waals surface area contributed by atoms with E-state index in [0.717, 1.165) is 32.1 Å². The molecule has 1 aromatic heterocycles. The summed E-state index contributed by atoms with van der Waals surface area (Å²) >= 11 is 1.71. The van der Waals surface area contributed by atoms with Crippen molar-refractivity contribution in [2.45, 2.75) is 57.5 Å². The van der Waals surface area contributed by atoms with Gasteiger partial charge in [0.15, 0.2) is 0 Å². The van der Waals surface area contributed by atoms with E-state index in [1.165, 1.54) is 10.4 Å². The molecule has 1 aromatic rings. The van der Waals surface area contributed by atoms with Crippen molar-refractivity contribution in [3.8, 4) is 0 Å². The number of thiophene rings is 1. The van der Waals surface area contributed by atoms with Gasteiger partial charge >= 0.3 is 0 Å². The Morgan fingerprint density at radius 1 is 1.33 bits per heavy atom. The Balaban J connectivity index is 1.83. The lowest BCUT2D eigenvalue weighted by atomic mass is 9.96. The third-order valence-corrected chi connectivity index (χ3v) is 5.64. The number of carbonyl (C=O) groups excluding carboxylic acids is 2. The molecule has 5 heteroatoms. The predicted octanol–water partition coefficient (Wildman–Crippen LogP) is 2.47. The lowest BCUT2D eigenvalue weighted by molar-refractivity contribution is -0.139. The van der Waals surface area contributed by atoms with Crippen molar-refractivity contribution < 1.29 is 9.59 Å².